The molecule has 3 atom stereocenters. The Balaban J connectivity index is 2.18. The van der Waals surface area contributed by atoms with Crippen molar-refractivity contribution in [2.45, 2.75) is 53.1 Å². The van der Waals surface area contributed by atoms with Gasteiger partial charge in [-0.1, -0.05) is 27.2 Å². The second-order valence-electron chi connectivity index (χ2n) is 6.38. The van der Waals surface area contributed by atoms with Gasteiger partial charge < -0.3 is 10.1 Å². The topological polar surface area (TPSA) is 47.0 Å². The lowest BCUT2D eigenvalue weighted by atomic mass is 9.75. The van der Waals surface area contributed by atoms with Gasteiger partial charge in [-0.15, -0.1) is 0 Å². The first-order valence-electron chi connectivity index (χ1n) is 7.69. The molecule has 3 unspecified atom stereocenters. The molecule has 0 bridgehead atoms. The van der Waals surface area contributed by atoms with E-state index in [1.54, 1.807) is 6.33 Å². The number of nitrogens with one attached hydrogen (secondary N) is 1. The van der Waals surface area contributed by atoms with E-state index in [0.29, 0.717) is 11.8 Å². The largest absolute Gasteiger partial charge is 0.474 e. The molecular weight excluding hydrogens is 250 g/mol. The Hall–Kier alpha value is -1.32. The highest BCUT2D eigenvalue weighted by molar-refractivity contribution is 5.46. The van der Waals surface area contributed by atoms with Crippen LogP contribution in [-0.2, 0) is 0 Å². The number of nitrogens with zero attached hydrogens (tertiary/aromatic N) is 2. The van der Waals surface area contributed by atoms with E-state index in [1.165, 1.54) is 12.8 Å². The molecule has 0 aliphatic heterocycles. The van der Waals surface area contributed by atoms with Crippen molar-refractivity contribution >= 4 is 5.82 Å². The van der Waals surface area contributed by atoms with Crippen molar-refractivity contribution in [1.82, 2.24) is 9.97 Å². The number of hydrogen-bond donors (Lipinski definition) is 1. The predicted molar refractivity (Wildman–Crippen MR) is 82.1 cm³/mol. The Morgan fingerprint density at radius 3 is 2.70 bits per heavy atom. The van der Waals surface area contributed by atoms with Gasteiger partial charge in [0.15, 0.2) is 0 Å². The summed E-state index contributed by atoms with van der Waals surface area (Å²) in [6.45, 7) is 8.92. The number of ether oxygens (including phenoxy) is 1. The molecule has 1 fully saturated rings. The maximum absolute atomic E-state index is 6.28. The second kappa shape index (κ2) is 6.42. The zero-order valence-electron chi connectivity index (χ0n) is 13.3. The van der Waals surface area contributed by atoms with E-state index in [1.807, 2.05) is 14.0 Å². The summed E-state index contributed by atoms with van der Waals surface area (Å²) in [7, 11) is 1.87. The van der Waals surface area contributed by atoms with Gasteiger partial charge in [0.25, 0.3) is 0 Å². The molecule has 2 rings (SSSR count). The third-order valence-corrected chi connectivity index (χ3v) is 4.50. The van der Waals surface area contributed by atoms with Crippen LogP contribution in [0.15, 0.2) is 6.33 Å². The molecule has 0 amide bonds. The molecule has 4 heteroatoms. The molecule has 1 saturated carbocycles. The highest BCUT2D eigenvalue weighted by Gasteiger charge is 2.32. The van der Waals surface area contributed by atoms with Crippen molar-refractivity contribution in [3.05, 3.63) is 11.9 Å². The quantitative estimate of drug-likeness (QED) is 0.912. The zero-order valence-corrected chi connectivity index (χ0v) is 13.3. The molecule has 0 saturated heterocycles. The molecule has 0 aromatic carbocycles. The fourth-order valence-corrected chi connectivity index (χ4v) is 3.20. The summed E-state index contributed by atoms with van der Waals surface area (Å²) in [6.07, 6.45) is 5.54. The fraction of sp³-hybridized carbons (Fsp3) is 0.750. The number of rotatable bonds is 4. The monoisotopic (exact) mass is 277 g/mol. The minimum Gasteiger partial charge on any atom is -0.474 e. The van der Waals surface area contributed by atoms with Crippen molar-refractivity contribution in [2.75, 3.05) is 12.4 Å². The third kappa shape index (κ3) is 3.22. The summed E-state index contributed by atoms with van der Waals surface area (Å²) < 4.78 is 6.28. The normalized spacial score (nSPS) is 26.6. The smallest absolute Gasteiger partial charge is 0.221 e. The highest BCUT2D eigenvalue weighted by atomic mass is 16.5. The highest BCUT2D eigenvalue weighted by Crippen LogP contribution is 2.36. The van der Waals surface area contributed by atoms with E-state index < -0.39 is 0 Å². The summed E-state index contributed by atoms with van der Waals surface area (Å²) in [6, 6.07) is 0. The van der Waals surface area contributed by atoms with Gasteiger partial charge in [-0.3, -0.25) is 0 Å². The molecule has 1 aliphatic rings. The van der Waals surface area contributed by atoms with Crippen LogP contribution in [0.25, 0.3) is 0 Å². The molecule has 1 aromatic heterocycles. The summed E-state index contributed by atoms with van der Waals surface area (Å²) in [5, 5.41) is 3.08. The molecule has 1 heterocycles. The van der Waals surface area contributed by atoms with E-state index in [0.717, 1.165) is 29.6 Å². The van der Waals surface area contributed by atoms with Crippen LogP contribution >= 0.6 is 0 Å². The van der Waals surface area contributed by atoms with Gasteiger partial charge in [-0.25, -0.2) is 9.97 Å². The lowest BCUT2D eigenvalue weighted by Gasteiger charge is -2.37. The van der Waals surface area contributed by atoms with Crippen molar-refractivity contribution < 1.29 is 4.74 Å². The zero-order chi connectivity index (χ0) is 14.7. The molecule has 112 valence electrons. The van der Waals surface area contributed by atoms with Crippen molar-refractivity contribution in [3.63, 3.8) is 0 Å². The Morgan fingerprint density at radius 1 is 1.30 bits per heavy atom. The number of anilines is 1. The second-order valence-corrected chi connectivity index (χ2v) is 6.38. The van der Waals surface area contributed by atoms with Crippen LogP contribution in [0.1, 0.15) is 45.6 Å². The van der Waals surface area contributed by atoms with Crippen LogP contribution in [0.5, 0.6) is 5.88 Å². The lowest BCUT2D eigenvalue weighted by molar-refractivity contribution is 0.0420. The first-order chi connectivity index (χ1) is 9.52. The Morgan fingerprint density at radius 2 is 2.05 bits per heavy atom. The van der Waals surface area contributed by atoms with Crippen LogP contribution < -0.4 is 10.1 Å². The SMILES string of the molecule is CNc1ncnc(OC2CC(C)CCC2C(C)C)c1C. The van der Waals surface area contributed by atoms with Crippen molar-refractivity contribution in [1.29, 1.82) is 0 Å². The van der Waals surface area contributed by atoms with E-state index in [-0.39, 0.29) is 6.10 Å². The van der Waals surface area contributed by atoms with E-state index in [2.05, 4.69) is 36.1 Å². The number of aromatic nitrogens is 2. The molecular formula is C16H27N3O. The average Bonchev–Trinajstić information content (AvgIpc) is 2.41. The Kier molecular flexibility index (Phi) is 4.84. The maximum Gasteiger partial charge on any atom is 0.221 e. The third-order valence-electron chi connectivity index (χ3n) is 4.50. The van der Waals surface area contributed by atoms with Crippen molar-refractivity contribution in [3.8, 4) is 5.88 Å². The molecule has 20 heavy (non-hydrogen) atoms. The molecule has 1 aliphatic carbocycles. The van der Waals surface area contributed by atoms with Crippen LogP contribution in [0, 0.1) is 24.7 Å². The van der Waals surface area contributed by atoms with Crippen LogP contribution in [0.2, 0.25) is 0 Å². The summed E-state index contributed by atoms with van der Waals surface area (Å²) in [5.74, 6) is 3.59. The van der Waals surface area contributed by atoms with Crippen LogP contribution in [0.3, 0.4) is 0 Å². The summed E-state index contributed by atoms with van der Waals surface area (Å²) in [4.78, 5) is 8.54. The van der Waals surface area contributed by atoms with Crippen molar-refractivity contribution in [2.24, 2.45) is 17.8 Å². The van der Waals surface area contributed by atoms with Gasteiger partial charge in [0, 0.05) is 7.05 Å². The maximum atomic E-state index is 6.28. The van der Waals surface area contributed by atoms with E-state index in [4.69, 9.17) is 4.74 Å². The molecule has 1 aromatic rings. The van der Waals surface area contributed by atoms with E-state index in [9.17, 15) is 0 Å². The minimum absolute atomic E-state index is 0.275. The fourth-order valence-electron chi connectivity index (χ4n) is 3.20. The first-order valence-corrected chi connectivity index (χ1v) is 7.69. The van der Waals surface area contributed by atoms with Gasteiger partial charge in [-0.2, -0.15) is 0 Å². The molecule has 0 radical (unpaired) electrons. The minimum atomic E-state index is 0.275. The summed E-state index contributed by atoms with van der Waals surface area (Å²) in [5.41, 5.74) is 0.996. The van der Waals surface area contributed by atoms with Gasteiger partial charge in [0.05, 0.1) is 5.56 Å². The predicted octanol–water partition coefficient (Wildman–Crippen LogP) is 3.67. The van der Waals surface area contributed by atoms with Gasteiger partial charge in [0.1, 0.15) is 18.2 Å². The van der Waals surface area contributed by atoms with Gasteiger partial charge in [0.2, 0.25) is 5.88 Å². The standard InChI is InChI=1S/C16H27N3O/c1-10(2)13-7-6-11(3)8-14(13)20-16-12(4)15(17-5)18-9-19-16/h9-11,13-14H,6-8H2,1-5H3,(H,17,18,19). The Bertz CT molecular complexity index is 447. The summed E-state index contributed by atoms with van der Waals surface area (Å²) >= 11 is 0. The van der Waals surface area contributed by atoms with E-state index >= 15 is 0 Å². The molecule has 4 nitrogen and oxygen atoms in total. The van der Waals surface area contributed by atoms with Gasteiger partial charge >= 0.3 is 0 Å². The number of hydrogen-bond acceptors (Lipinski definition) is 4. The average molecular weight is 277 g/mol. The lowest BCUT2D eigenvalue weighted by Crippen LogP contribution is -2.36. The molecule has 1 N–H and O–H groups in total. The van der Waals surface area contributed by atoms with Gasteiger partial charge in [-0.05, 0) is 37.5 Å². The Labute approximate surface area is 122 Å². The van der Waals surface area contributed by atoms with Crippen LogP contribution in [0.4, 0.5) is 5.82 Å². The first kappa shape index (κ1) is 15.1. The molecule has 0 spiro atoms. The van der Waals surface area contributed by atoms with Crippen LogP contribution in [-0.4, -0.2) is 23.1 Å².